The maximum Gasteiger partial charge on any atom is 0.109 e. The number of aliphatic hydroxyl groups is 1. The minimum atomic E-state index is -0.460. The molecule has 4 nitrogen and oxygen atoms in total. The Balaban J connectivity index is 2.37. The van der Waals surface area contributed by atoms with Crippen LogP contribution in [0, 0.1) is 0 Å². The van der Waals surface area contributed by atoms with Gasteiger partial charge in [0.25, 0.3) is 0 Å². The van der Waals surface area contributed by atoms with Crippen LogP contribution in [0.1, 0.15) is 29.8 Å². The second-order valence-corrected chi connectivity index (χ2v) is 4.90. The number of hydrogen-bond donors (Lipinski definition) is 2. The molecule has 0 amide bonds. The Morgan fingerprint density at radius 3 is 2.94 bits per heavy atom. The van der Waals surface area contributed by atoms with Crippen molar-refractivity contribution in [3.8, 4) is 0 Å². The average Bonchev–Trinajstić information content (AvgIpc) is 2.75. The van der Waals surface area contributed by atoms with Crippen LogP contribution in [-0.4, -0.2) is 36.5 Å². The first-order valence-corrected chi connectivity index (χ1v) is 6.34. The summed E-state index contributed by atoms with van der Waals surface area (Å²) < 4.78 is 4.86. The predicted octanol–water partition coefficient (Wildman–Crippen LogP) is 1.36. The van der Waals surface area contributed by atoms with Gasteiger partial charge in [0.15, 0.2) is 0 Å². The summed E-state index contributed by atoms with van der Waals surface area (Å²) in [6, 6.07) is 0.178. The van der Waals surface area contributed by atoms with Gasteiger partial charge in [-0.1, -0.05) is 6.92 Å². The lowest BCUT2D eigenvalue weighted by Gasteiger charge is -2.14. The van der Waals surface area contributed by atoms with E-state index in [9.17, 15) is 5.11 Å². The van der Waals surface area contributed by atoms with Crippen LogP contribution in [0.4, 0.5) is 0 Å². The number of aromatic nitrogens is 1. The molecule has 0 saturated carbocycles. The van der Waals surface area contributed by atoms with Crippen molar-refractivity contribution in [3.05, 3.63) is 16.1 Å². The van der Waals surface area contributed by atoms with E-state index in [1.54, 1.807) is 18.4 Å². The van der Waals surface area contributed by atoms with Crippen LogP contribution in [0.25, 0.3) is 0 Å². The number of nitrogens with zero attached hydrogens (tertiary/aromatic N) is 1. The number of ether oxygens (including phenoxy) is 1. The molecular formula is C11H20N2O2S. The molecule has 0 spiro atoms. The molecule has 2 N–H and O–H groups in total. The van der Waals surface area contributed by atoms with Crippen LogP contribution in [0.15, 0.2) is 6.20 Å². The Morgan fingerprint density at radius 2 is 2.38 bits per heavy atom. The van der Waals surface area contributed by atoms with Crippen molar-refractivity contribution in [2.75, 3.05) is 20.3 Å². The quantitative estimate of drug-likeness (QED) is 0.760. The summed E-state index contributed by atoms with van der Waals surface area (Å²) >= 11 is 1.72. The zero-order chi connectivity index (χ0) is 12.0. The van der Waals surface area contributed by atoms with Gasteiger partial charge >= 0.3 is 0 Å². The van der Waals surface area contributed by atoms with Crippen molar-refractivity contribution in [2.45, 2.75) is 32.4 Å². The summed E-state index contributed by atoms with van der Waals surface area (Å²) in [5, 5.41) is 13.8. The zero-order valence-corrected chi connectivity index (χ0v) is 10.9. The monoisotopic (exact) mass is 244 g/mol. The van der Waals surface area contributed by atoms with Gasteiger partial charge in [-0.3, -0.25) is 0 Å². The van der Waals surface area contributed by atoms with Crippen LogP contribution in [-0.2, 0) is 11.2 Å². The standard InChI is InChI=1S/C11H20N2O2S/c1-4-10-6-13-11(16-10)8(2)12-5-9(14)7-15-3/h6,8-9,12,14H,4-5,7H2,1-3H3. The molecule has 1 aromatic rings. The van der Waals surface area contributed by atoms with Gasteiger partial charge in [-0.2, -0.15) is 0 Å². The lowest BCUT2D eigenvalue weighted by atomic mass is 10.3. The number of hydrogen-bond acceptors (Lipinski definition) is 5. The fraction of sp³-hybridized carbons (Fsp3) is 0.727. The maximum atomic E-state index is 9.49. The van der Waals surface area contributed by atoms with E-state index < -0.39 is 6.10 Å². The van der Waals surface area contributed by atoms with Crippen molar-refractivity contribution >= 4 is 11.3 Å². The summed E-state index contributed by atoms with van der Waals surface area (Å²) in [6.07, 6.45) is 2.48. The molecule has 0 saturated heterocycles. The van der Waals surface area contributed by atoms with Crippen molar-refractivity contribution < 1.29 is 9.84 Å². The van der Waals surface area contributed by atoms with Gasteiger partial charge in [-0.15, -0.1) is 11.3 Å². The number of thiazole rings is 1. The highest BCUT2D eigenvalue weighted by molar-refractivity contribution is 7.11. The van der Waals surface area contributed by atoms with E-state index in [4.69, 9.17) is 4.74 Å². The fourth-order valence-corrected chi connectivity index (χ4v) is 2.22. The third-order valence-corrected chi connectivity index (χ3v) is 3.63. The molecule has 0 aromatic carbocycles. The van der Waals surface area contributed by atoms with Crippen molar-refractivity contribution in [2.24, 2.45) is 0 Å². The smallest absolute Gasteiger partial charge is 0.109 e. The van der Waals surface area contributed by atoms with Crippen molar-refractivity contribution in [1.29, 1.82) is 0 Å². The van der Waals surface area contributed by atoms with E-state index in [0.29, 0.717) is 13.2 Å². The summed E-state index contributed by atoms with van der Waals surface area (Å²) in [4.78, 5) is 5.65. The Morgan fingerprint density at radius 1 is 1.62 bits per heavy atom. The van der Waals surface area contributed by atoms with Crippen LogP contribution in [0.2, 0.25) is 0 Å². The van der Waals surface area contributed by atoms with E-state index in [1.807, 2.05) is 6.20 Å². The van der Waals surface area contributed by atoms with Crippen molar-refractivity contribution in [3.63, 3.8) is 0 Å². The van der Waals surface area contributed by atoms with Crippen LogP contribution >= 0.6 is 11.3 Å². The largest absolute Gasteiger partial charge is 0.389 e. The predicted molar refractivity (Wildman–Crippen MR) is 65.8 cm³/mol. The fourth-order valence-electron chi connectivity index (χ4n) is 1.34. The molecular weight excluding hydrogens is 224 g/mol. The molecule has 16 heavy (non-hydrogen) atoms. The van der Waals surface area contributed by atoms with E-state index in [1.165, 1.54) is 4.88 Å². The summed E-state index contributed by atoms with van der Waals surface area (Å²) in [5.41, 5.74) is 0. The Hall–Kier alpha value is -0.490. The third kappa shape index (κ3) is 4.17. The molecule has 2 atom stereocenters. The van der Waals surface area contributed by atoms with Crippen LogP contribution in [0.3, 0.4) is 0 Å². The highest BCUT2D eigenvalue weighted by atomic mass is 32.1. The van der Waals surface area contributed by atoms with Gasteiger partial charge in [-0.05, 0) is 13.3 Å². The first kappa shape index (κ1) is 13.6. The lowest BCUT2D eigenvalue weighted by molar-refractivity contribution is 0.0630. The van der Waals surface area contributed by atoms with Gasteiger partial charge in [0, 0.05) is 24.7 Å². The number of aryl methyl sites for hydroxylation is 1. The normalized spacial score (nSPS) is 15.0. The number of aliphatic hydroxyl groups excluding tert-OH is 1. The average molecular weight is 244 g/mol. The van der Waals surface area contributed by atoms with Gasteiger partial charge < -0.3 is 15.2 Å². The van der Waals surface area contributed by atoms with E-state index in [-0.39, 0.29) is 6.04 Å². The lowest BCUT2D eigenvalue weighted by Crippen LogP contribution is -2.31. The molecule has 92 valence electrons. The Bertz CT molecular complexity index is 304. The molecule has 0 fully saturated rings. The molecule has 1 rings (SSSR count). The first-order chi connectivity index (χ1) is 7.67. The molecule has 1 aromatic heterocycles. The minimum absolute atomic E-state index is 0.178. The molecule has 0 aliphatic heterocycles. The maximum absolute atomic E-state index is 9.49. The van der Waals surface area contributed by atoms with E-state index in [2.05, 4.69) is 24.1 Å². The van der Waals surface area contributed by atoms with E-state index in [0.717, 1.165) is 11.4 Å². The second kappa shape index (κ2) is 6.96. The molecule has 0 radical (unpaired) electrons. The van der Waals surface area contributed by atoms with E-state index >= 15 is 0 Å². The second-order valence-electron chi connectivity index (χ2n) is 3.76. The molecule has 0 aliphatic carbocycles. The van der Waals surface area contributed by atoms with Crippen molar-refractivity contribution in [1.82, 2.24) is 10.3 Å². The summed E-state index contributed by atoms with van der Waals surface area (Å²) in [5.74, 6) is 0. The first-order valence-electron chi connectivity index (χ1n) is 5.52. The molecule has 0 bridgehead atoms. The van der Waals surface area contributed by atoms with Crippen LogP contribution < -0.4 is 5.32 Å². The van der Waals surface area contributed by atoms with Gasteiger partial charge in [0.1, 0.15) is 5.01 Å². The van der Waals surface area contributed by atoms with Gasteiger partial charge in [0.05, 0.1) is 18.8 Å². The molecule has 5 heteroatoms. The molecule has 2 unspecified atom stereocenters. The Kier molecular flexibility index (Phi) is 5.90. The highest BCUT2D eigenvalue weighted by Crippen LogP contribution is 2.19. The third-order valence-electron chi connectivity index (χ3n) is 2.31. The molecule has 0 aliphatic rings. The highest BCUT2D eigenvalue weighted by Gasteiger charge is 2.11. The van der Waals surface area contributed by atoms with Gasteiger partial charge in [-0.25, -0.2) is 4.98 Å². The molecule has 1 heterocycles. The summed E-state index contributed by atoms with van der Waals surface area (Å²) in [7, 11) is 1.58. The number of nitrogens with one attached hydrogen (secondary N) is 1. The van der Waals surface area contributed by atoms with Gasteiger partial charge in [0.2, 0.25) is 0 Å². The SMILES string of the molecule is CCc1cnc(C(C)NCC(O)COC)s1. The minimum Gasteiger partial charge on any atom is -0.389 e. The zero-order valence-electron chi connectivity index (χ0n) is 10.1. The van der Waals surface area contributed by atoms with Crippen LogP contribution in [0.5, 0.6) is 0 Å². The number of methoxy groups -OCH3 is 1. The Labute approximate surface area is 101 Å². The summed E-state index contributed by atoms with van der Waals surface area (Å²) in [6.45, 7) is 5.06. The topological polar surface area (TPSA) is 54.4 Å². The number of rotatable bonds is 7.